The summed E-state index contributed by atoms with van der Waals surface area (Å²) in [6.45, 7) is 4.84. The Hall–Kier alpha value is -3.73. The molecule has 0 fully saturated rings. The first-order valence-electron chi connectivity index (χ1n) is 12.9. The van der Waals surface area contributed by atoms with Gasteiger partial charge >= 0.3 is 0 Å². The van der Waals surface area contributed by atoms with Crippen LogP contribution in [0.4, 0.5) is 0 Å². The van der Waals surface area contributed by atoms with Crippen molar-refractivity contribution in [3.05, 3.63) is 112 Å². The van der Waals surface area contributed by atoms with Gasteiger partial charge in [0.1, 0.15) is 5.82 Å². The van der Waals surface area contributed by atoms with Gasteiger partial charge in [0.25, 0.3) is 5.56 Å². The lowest BCUT2D eigenvalue weighted by atomic mass is 9.89. The van der Waals surface area contributed by atoms with Gasteiger partial charge in [-0.15, -0.1) is 0 Å². The number of nitrogens with zero attached hydrogens (tertiary/aromatic N) is 3. The number of fused-ring (bicyclic) bond motifs is 1. The van der Waals surface area contributed by atoms with Gasteiger partial charge in [0.05, 0.1) is 22.9 Å². The lowest BCUT2D eigenvalue weighted by molar-refractivity contribution is -0.134. The van der Waals surface area contributed by atoms with Crippen molar-refractivity contribution in [1.29, 1.82) is 0 Å². The summed E-state index contributed by atoms with van der Waals surface area (Å²) in [5.41, 5.74) is 2.50. The van der Waals surface area contributed by atoms with Crippen molar-refractivity contribution in [2.75, 3.05) is 6.54 Å². The van der Waals surface area contributed by atoms with Gasteiger partial charge in [0.15, 0.2) is 0 Å². The molecule has 0 aliphatic heterocycles. The number of hydrogen-bond donors (Lipinski definition) is 0. The van der Waals surface area contributed by atoms with Crippen LogP contribution >= 0.6 is 0 Å². The van der Waals surface area contributed by atoms with Crippen molar-refractivity contribution < 1.29 is 4.79 Å². The number of para-hydroxylation sites is 1. The molecule has 36 heavy (non-hydrogen) atoms. The number of aromatic nitrogens is 2. The van der Waals surface area contributed by atoms with Gasteiger partial charge in [-0.05, 0) is 36.1 Å². The van der Waals surface area contributed by atoms with Crippen LogP contribution < -0.4 is 5.56 Å². The maximum Gasteiger partial charge on any atom is 0.261 e. The highest BCUT2D eigenvalue weighted by Crippen LogP contribution is 2.32. The summed E-state index contributed by atoms with van der Waals surface area (Å²) in [6, 6.07) is 27.0. The Labute approximate surface area is 213 Å². The molecular formula is C31H35N3O2. The van der Waals surface area contributed by atoms with Gasteiger partial charge in [0, 0.05) is 13.6 Å². The van der Waals surface area contributed by atoms with E-state index in [1.165, 1.54) is 0 Å². The number of carbonyl (C=O) groups excluding carboxylic acids is 1. The van der Waals surface area contributed by atoms with Crippen LogP contribution in [-0.4, -0.2) is 26.9 Å². The molecule has 1 atom stereocenters. The fourth-order valence-electron chi connectivity index (χ4n) is 4.96. The Morgan fingerprint density at radius 1 is 0.861 bits per heavy atom. The van der Waals surface area contributed by atoms with Crippen molar-refractivity contribution in [1.82, 2.24) is 14.5 Å². The van der Waals surface area contributed by atoms with Crippen molar-refractivity contribution in [2.24, 2.45) is 7.05 Å². The highest BCUT2D eigenvalue weighted by Gasteiger charge is 2.33. The lowest BCUT2D eigenvalue weighted by Gasteiger charge is -2.35. The zero-order chi connectivity index (χ0) is 25.5. The molecule has 3 aromatic carbocycles. The average molecular weight is 482 g/mol. The summed E-state index contributed by atoms with van der Waals surface area (Å²) in [5, 5.41) is 0.592. The van der Waals surface area contributed by atoms with E-state index in [9.17, 15) is 9.59 Å². The molecule has 186 valence electrons. The van der Waals surface area contributed by atoms with Crippen LogP contribution in [0.2, 0.25) is 0 Å². The Balaban J connectivity index is 1.83. The molecule has 5 nitrogen and oxygen atoms in total. The molecule has 1 unspecified atom stereocenters. The summed E-state index contributed by atoms with van der Waals surface area (Å²) in [5.74, 6) is 0.240. The lowest BCUT2D eigenvalue weighted by Crippen LogP contribution is -2.41. The zero-order valence-electron chi connectivity index (χ0n) is 21.4. The first-order valence-corrected chi connectivity index (χ1v) is 12.9. The van der Waals surface area contributed by atoms with Gasteiger partial charge in [0.2, 0.25) is 5.91 Å². The van der Waals surface area contributed by atoms with E-state index < -0.39 is 5.92 Å². The van der Waals surface area contributed by atoms with E-state index in [0.717, 1.165) is 30.4 Å². The molecule has 0 spiro atoms. The van der Waals surface area contributed by atoms with Crippen LogP contribution in [0.15, 0.2) is 89.7 Å². The van der Waals surface area contributed by atoms with Crippen LogP contribution in [-0.2, 0) is 11.8 Å². The zero-order valence-corrected chi connectivity index (χ0v) is 21.4. The molecule has 0 aliphatic carbocycles. The third-order valence-corrected chi connectivity index (χ3v) is 6.88. The summed E-state index contributed by atoms with van der Waals surface area (Å²) in [4.78, 5) is 34.6. The van der Waals surface area contributed by atoms with Crippen LogP contribution in [0.1, 0.15) is 68.4 Å². The van der Waals surface area contributed by atoms with Crippen molar-refractivity contribution in [3.8, 4) is 0 Å². The minimum Gasteiger partial charge on any atom is -0.332 e. The van der Waals surface area contributed by atoms with E-state index in [2.05, 4.69) is 13.8 Å². The number of amides is 1. The largest absolute Gasteiger partial charge is 0.332 e. The molecule has 0 bridgehead atoms. The summed E-state index contributed by atoms with van der Waals surface area (Å²) >= 11 is 0. The van der Waals surface area contributed by atoms with E-state index in [4.69, 9.17) is 4.98 Å². The van der Waals surface area contributed by atoms with Gasteiger partial charge < -0.3 is 4.90 Å². The highest BCUT2D eigenvalue weighted by molar-refractivity contribution is 5.87. The molecule has 0 saturated heterocycles. The second-order valence-electron chi connectivity index (χ2n) is 9.27. The molecule has 0 N–H and O–H groups in total. The summed E-state index contributed by atoms with van der Waals surface area (Å²) < 4.78 is 1.62. The maximum atomic E-state index is 14.5. The number of rotatable bonds is 10. The van der Waals surface area contributed by atoms with E-state index in [1.807, 2.05) is 83.8 Å². The topological polar surface area (TPSA) is 55.2 Å². The standard InChI is InChI=1S/C31H35N3O2/c1-4-6-15-22-34(27(5-2)29-32-26-21-14-13-20-25(26)30(35)33(29)3)31(36)28(23-16-9-7-10-17-23)24-18-11-8-12-19-24/h7-14,16-21,27-28H,4-6,15,22H2,1-3H3. The SMILES string of the molecule is CCCCCN(C(=O)C(c1ccccc1)c1ccccc1)C(CC)c1nc2ccccc2c(=O)n1C. The Bertz CT molecular complexity index is 1310. The predicted octanol–water partition coefficient (Wildman–Crippen LogP) is 6.24. The molecule has 0 aliphatic rings. The molecule has 0 saturated carbocycles. The van der Waals surface area contributed by atoms with Crippen LogP contribution in [0.25, 0.3) is 10.9 Å². The molecule has 0 radical (unpaired) electrons. The highest BCUT2D eigenvalue weighted by atomic mass is 16.2. The van der Waals surface area contributed by atoms with Gasteiger partial charge in [-0.1, -0.05) is 99.5 Å². The molecule has 4 rings (SSSR count). The third-order valence-electron chi connectivity index (χ3n) is 6.88. The van der Waals surface area contributed by atoms with Crippen LogP contribution in [0, 0.1) is 0 Å². The third kappa shape index (κ3) is 5.25. The van der Waals surface area contributed by atoms with E-state index in [-0.39, 0.29) is 17.5 Å². The molecule has 1 heterocycles. The van der Waals surface area contributed by atoms with Gasteiger partial charge in [-0.25, -0.2) is 4.98 Å². The van der Waals surface area contributed by atoms with E-state index in [0.29, 0.717) is 29.7 Å². The number of unbranched alkanes of at least 4 members (excludes halogenated alkanes) is 2. The Morgan fingerprint density at radius 3 is 2.03 bits per heavy atom. The van der Waals surface area contributed by atoms with Crippen molar-refractivity contribution in [3.63, 3.8) is 0 Å². The molecule has 1 aromatic heterocycles. The molecular weight excluding hydrogens is 446 g/mol. The number of benzene rings is 3. The minimum absolute atomic E-state index is 0.0396. The fraction of sp³-hybridized carbons (Fsp3) is 0.323. The minimum atomic E-state index is -0.430. The van der Waals surface area contributed by atoms with Crippen molar-refractivity contribution >= 4 is 16.8 Å². The Morgan fingerprint density at radius 2 is 1.44 bits per heavy atom. The van der Waals surface area contributed by atoms with Gasteiger partial charge in [-0.3, -0.25) is 14.2 Å². The first kappa shape index (κ1) is 25.4. The van der Waals surface area contributed by atoms with Crippen molar-refractivity contribution in [2.45, 2.75) is 51.5 Å². The normalized spacial score (nSPS) is 12.1. The van der Waals surface area contributed by atoms with E-state index in [1.54, 1.807) is 17.7 Å². The predicted molar refractivity (Wildman–Crippen MR) is 146 cm³/mol. The molecule has 5 heteroatoms. The quantitative estimate of drug-likeness (QED) is 0.252. The summed E-state index contributed by atoms with van der Waals surface area (Å²) in [7, 11) is 1.76. The van der Waals surface area contributed by atoms with Crippen LogP contribution in [0.3, 0.4) is 0 Å². The Kier molecular flexibility index (Phi) is 8.32. The monoisotopic (exact) mass is 481 g/mol. The average Bonchev–Trinajstić information content (AvgIpc) is 2.92. The van der Waals surface area contributed by atoms with Gasteiger partial charge in [-0.2, -0.15) is 0 Å². The smallest absolute Gasteiger partial charge is 0.261 e. The van der Waals surface area contributed by atoms with Crippen LogP contribution in [0.5, 0.6) is 0 Å². The second-order valence-corrected chi connectivity index (χ2v) is 9.27. The molecule has 1 amide bonds. The van der Waals surface area contributed by atoms with E-state index >= 15 is 0 Å². The number of hydrogen-bond acceptors (Lipinski definition) is 3. The maximum absolute atomic E-state index is 14.5. The second kappa shape index (κ2) is 11.8. The fourth-order valence-corrected chi connectivity index (χ4v) is 4.96. The molecule has 4 aromatic rings. The number of carbonyl (C=O) groups is 1. The summed E-state index contributed by atoms with van der Waals surface area (Å²) in [6.07, 6.45) is 3.65. The first-order chi connectivity index (χ1) is 17.6.